The number of carboxylic acids is 1. The summed E-state index contributed by atoms with van der Waals surface area (Å²) in [4.78, 5) is 52.0. The number of aliphatic carboxylic acids is 1. The van der Waals surface area contributed by atoms with Gasteiger partial charge >= 0.3 is 17.6 Å². The van der Waals surface area contributed by atoms with Crippen LogP contribution in [0.15, 0.2) is 59.4 Å². The van der Waals surface area contributed by atoms with Crippen molar-refractivity contribution in [2.75, 3.05) is 6.61 Å². The summed E-state index contributed by atoms with van der Waals surface area (Å²) < 4.78 is 20.0. The molecule has 9 nitrogen and oxygen atoms in total. The van der Waals surface area contributed by atoms with E-state index < -0.39 is 35.0 Å². The predicted molar refractivity (Wildman–Crippen MR) is 128 cm³/mol. The monoisotopic (exact) mass is 494 g/mol. The molecule has 1 heterocycles. The third-order valence-electron chi connectivity index (χ3n) is 5.29. The molecule has 0 unspecified atom stereocenters. The molecule has 3 aromatic rings. The fraction of sp³-hybridized carbons (Fsp3) is 0.192. The lowest BCUT2D eigenvalue weighted by Gasteiger charge is -2.18. The third kappa shape index (κ3) is 5.72. The molecule has 3 rings (SSSR count). The molecule has 0 fully saturated rings. The normalized spacial score (nSPS) is 11.2. The number of ether oxygens (including phenoxy) is 1. The molecule has 1 aromatic heterocycles. The highest BCUT2D eigenvalue weighted by atomic mass is 19.1. The number of ketones is 1. The van der Waals surface area contributed by atoms with E-state index >= 15 is 0 Å². The smallest absolute Gasteiger partial charge is 0.376 e. The zero-order chi connectivity index (χ0) is 26.4. The van der Waals surface area contributed by atoms with Crippen molar-refractivity contribution < 1.29 is 33.7 Å². The van der Waals surface area contributed by atoms with Crippen molar-refractivity contribution in [2.24, 2.45) is 0 Å². The summed E-state index contributed by atoms with van der Waals surface area (Å²) in [5.74, 6) is -4.62. The van der Waals surface area contributed by atoms with E-state index in [0.29, 0.717) is 29.3 Å². The fourth-order valence-corrected chi connectivity index (χ4v) is 3.60. The number of carboxylic acid groups (broad SMARTS) is 1. The van der Waals surface area contributed by atoms with Crippen molar-refractivity contribution in [3.05, 3.63) is 93.3 Å². The second-order valence-electron chi connectivity index (χ2n) is 7.63. The number of carbonyl (C=O) groups excluding carboxylic acids is 2. The molecule has 2 aromatic carbocycles. The first-order chi connectivity index (χ1) is 17.2. The van der Waals surface area contributed by atoms with Crippen LogP contribution < -0.4 is 5.69 Å². The first-order valence-corrected chi connectivity index (χ1v) is 11.0. The van der Waals surface area contributed by atoms with Gasteiger partial charge in [0.25, 0.3) is 5.78 Å². The minimum Gasteiger partial charge on any atom is -0.507 e. The Hall–Kier alpha value is -4.60. The molecular weight excluding hydrogens is 471 g/mol. The largest absolute Gasteiger partial charge is 0.507 e. The van der Waals surface area contributed by atoms with E-state index in [1.54, 1.807) is 26.0 Å². The average Bonchev–Trinajstić information content (AvgIpc) is 2.85. The van der Waals surface area contributed by atoms with Crippen LogP contribution >= 0.6 is 0 Å². The molecule has 0 aliphatic carbocycles. The van der Waals surface area contributed by atoms with Crippen LogP contribution in [0.4, 0.5) is 4.39 Å². The number of halogens is 1. The number of esters is 1. The lowest BCUT2D eigenvalue weighted by molar-refractivity contribution is -0.146. The number of aromatic nitrogens is 2. The van der Waals surface area contributed by atoms with Crippen LogP contribution in [0.1, 0.15) is 41.0 Å². The summed E-state index contributed by atoms with van der Waals surface area (Å²) in [5, 5.41) is 18.7. The van der Waals surface area contributed by atoms with E-state index in [1.807, 2.05) is 0 Å². The third-order valence-corrected chi connectivity index (χ3v) is 5.29. The molecule has 36 heavy (non-hydrogen) atoms. The highest BCUT2D eigenvalue weighted by molar-refractivity contribution is 6.38. The molecule has 0 atom stereocenters. The van der Waals surface area contributed by atoms with Gasteiger partial charge in [-0.05, 0) is 43.2 Å². The van der Waals surface area contributed by atoms with Crippen LogP contribution in [-0.2, 0) is 27.3 Å². The van der Waals surface area contributed by atoms with Gasteiger partial charge in [-0.1, -0.05) is 31.2 Å². The summed E-state index contributed by atoms with van der Waals surface area (Å²) in [6.45, 7) is 3.56. The molecule has 0 amide bonds. The molecular formula is C26H23FN2O7. The molecule has 0 aliphatic rings. The summed E-state index contributed by atoms with van der Waals surface area (Å²) in [6, 6.07) is 11.3. The van der Waals surface area contributed by atoms with Crippen LogP contribution in [0.3, 0.4) is 0 Å². The Labute approximate surface area is 205 Å². The molecule has 0 aliphatic heterocycles. The average molecular weight is 494 g/mol. The standard InChI is InChI=1S/C26H23FN2O7/c1-3-19-22(25(34)36-4-2)23(17-9-11-18(27)12-10-17)28-26(35)29(19)14-15-5-7-16(8-6-15)20(30)13-21(31)24(32)33/h5-13,30H,3-4,14H2,1-2H3,(H,32,33)/b20-13-. The van der Waals surface area contributed by atoms with E-state index in [-0.39, 0.29) is 30.0 Å². The second-order valence-corrected chi connectivity index (χ2v) is 7.63. The molecule has 10 heteroatoms. The topological polar surface area (TPSA) is 136 Å². The number of hydrogen-bond acceptors (Lipinski definition) is 7. The zero-order valence-electron chi connectivity index (χ0n) is 19.5. The number of aliphatic hydroxyl groups excluding tert-OH is 1. The van der Waals surface area contributed by atoms with E-state index in [9.17, 15) is 28.7 Å². The quantitative estimate of drug-likeness (QED) is 0.200. The number of aliphatic hydroxyl groups is 1. The van der Waals surface area contributed by atoms with Crippen molar-refractivity contribution in [3.8, 4) is 11.3 Å². The molecule has 186 valence electrons. The van der Waals surface area contributed by atoms with Crippen molar-refractivity contribution in [3.63, 3.8) is 0 Å². The number of nitrogens with zero attached hydrogens (tertiary/aromatic N) is 2. The van der Waals surface area contributed by atoms with Gasteiger partial charge in [0.15, 0.2) is 0 Å². The van der Waals surface area contributed by atoms with Crippen molar-refractivity contribution in [1.29, 1.82) is 0 Å². The summed E-state index contributed by atoms with van der Waals surface area (Å²) in [6.07, 6.45) is 0.889. The van der Waals surface area contributed by atoms with Crippen LogP contribution in [0.2, 0.25) is 0 Å². The Morgan fingerprint density at radius 2 is 1.67 bits per heavy atom. The summed E-state index contributed by atoms with van der Waals surface area (Å²) in [5.41, 5.74) is 1.16. The highest BCUT2D eigenvalue weighted by Crippen LogP contribution is 2.25. The van der Waals surface area contributed by atoms with Gasteiger partial charge in [-0.25, -0.2) is 18.8 Å². The maximum Gasteiger partial charge on any atom is 0.376 e. The van der Waals surface area contributed by atoms with Gasteiger partial charge in [0.1, 0.15) is 17.1 Å². The van der Waals surface area contributed by atoms with Gasteiger partial charge in [0.05, 0.1) is 18.8 Å². The van der Waals surface area contributed by atoms with Gasteiger partial charge in [0, 0.05) is 22.9 Å². The predicted octanol–water partition coefficient (Wildman–Crippen LogP) is 3.39. The van der Waals surface area contributed by atoms with Crippen LogP contribution in [0, 0.1) is 5.82 Å². The lowest BCUT2D eigenvalue weighted by atomic mass is 10.0. The Balaban J connectivity index is 2.06. The van der Waals surface area contributed by atoms with Gasteiger partial charge in [-0.15, -0.1) is 0 Å². The SMILES string of the molecule is CCOC(=O)c1c(-c2ccc(F)cc2)nc(=O)n(Cc2ccc(/C(O)=C/C(=O)C(=O)O)cc2)c1CC. The fourth-order valence-electron chi connectivity index (χ4n) is 3.60. The first-order valence-electron chi connectivity index (χ1n) is 11.0. The van der Waals surface area contributed by atoms with Crippen LogP contribution in [-0.4, -0.2) is 44.1 Å². The van der Waals surface area contributed by atoms with Gasteiger partial charge in [0.2, 0.25) is 0 Å². The summed E-state index contributed by atoms with van der Waals surface area (Å²) >= 11 is 0. The van der Waals surface area contributed by atoms with Crippen molar-refractivity contribution in [2.45, 2.75) is 26.8 Å². The Bertz CT molecular complexity index is 1390. The van der Waals surface area contributed by atoms with Gasteiger partial charge < -0.3 is 14.9 Å². The van der Waals surface area contributed by atoms with E-state index in [1.165, 1.54) is 41.0 Å². The van der Waals surface area contributed by atoms with E-state index in [2.05, 4.69) is 4.98 Å². The van der Waals surface area contributed by atoms with E-state index in [4.69, 9.17) is 9.84 Å². The molecule has 0 saturated carbocycles. The first kappa shape index (κ1) is 26.0. The van der Waals surface area contributed by atoms with Crippen LogP contribution in [0.5, 0.6) is 0 Å². The minimum absolute atomic E-state index is 0.0317. The number of rotatable bonds is 9. The van der Waals surface area contributed by atoms with Gasteiger partial charge in [-0.3, -0.25) is 9.36 Å². The van der Waals surface area contributed by atoms with Crippen LogP contribution in [0.25, 0.3) is 17.0 Å². The van der Waals surface area contributed by atoms with Crippen molar-refractivity contribution in [1.82, 2.24) is 9.55 Å². The van der Waals surface area contributed by atoms with Crippen molar-refractivity contribution >= 4 is 23.5 Å². The van der Waals surface area contributed by atoms with E-state index in [0.717, 1.165) is 0 Å². The minimum atomic E-state index is -1.70. The molecule has 0 saturated heterocycles. The van der Waals surface area contributed by atoms with Gasteiger partial charge in [-0.2, -0.15) is 4.98 Å². The molecule has 0 spiro atoms. The molecule has 2 N–H and O–H groups in total. The Kier molecular flexibility index (Phi) is 8.11. The highest BCUT2D eigenvalue weighted by Gasteiger charge is 2.24. The maximum absolute atomic E-state index is 13.4. The second kappa shape index (κ2) is 11.2. The molecule has 0 bridgehead atoms. The zero-order valence-corrected chi connectivity index (χ0v) is 19.5. The maximum atomic E-state index is 13.4. The number of benzene rings is 2. The Morgan fingerprint density at radius 3 is 2.22 bits per heavy atom. The summed E-state index contributed by atoms with van der Waals surface area (Å²) in [7, 11) is 0. The number of carbonyl (C=O) groups is 3. The number of hydrogen-bond donors (Lipinski definition) is 2. The lowest BCUT2D eigenvalue weighted by Crippen LogP contribution is -2.31. The molecule has 0 radical (unpaired) electrons. The Morgan fingerprint density at radius 1 is 1.03 bits per heavy atom.